The van der Waals surface area contributed by atoms with Gasteiger partial charge < -0.3 is 10.1 Å². The molecule has 4 rings (SSSR count). The summed E-state index contributed by atoms with van der Waals surface area (Å²) in [6.45, 7) is 0.697. The van der Waals surface area contributed by atoms with Crippen LogP contribution in [0.1, 0.15) is 34.5 Å². The first-order valence-electron chi connectivity index (χ1n) is 8.92. The molecule has 1 aliphatic carbocycles. The van der Waals surface area contributed by atoms with Crippen molar-refractivity contribution in [3.8, 4) is 5.75 Å². The lowest BCUT2D eigenvalue weighted by molar-refractivity contribution is 0.0949. The summed E-state index contributed by atoms with van der Waals surface area (Å²) in [5, 5.41) is 11.0. The third-order valence-corrected chi connectivity index (χ3v) is 4.71. The molecule has 1 aromatic heterocycles. The number of carbonyl (C=O) groups excluding carboxylic acids is 1. The maximum Gasteiger partial charge on any atom is 0.255 e. The van der Waals surface area contributed by atoms with Gasteiger partial charge in [0.05, 0.1) is 29.3 Å². The monoisotopic (exact) mass is 365 g/mol. The average molecular weight is 365 g/mol. The number of ether oxygens (including phenoxy) is 1. The van der Waals surface area contributed by atoms with E-state index in [1.165, 1.54) is 25.0 Å². The molecule has 0 aliphatic heterocycles. The molecular formula is C21H20FN3O2. The minimum absolute atomic E-state index is 0.143. The number of fused-ring (bicyclic) bond motifs is 1. The summed E-state index contributed by atoms with van der Waals surface area (Å²) in [7, 11) is 1.55. The minimum Gasteiger partial charge on any atom is -0.495 e. The summed E-state index contributed by atoms with van der Waals surface area (Å²) < 4.78 is 18.6. The normalized spacial score (nSPS) is 14.0. The SMILES string of the molecule is COc1c(C(=O)NCC2CC2)ccc2[nH]nc(/C=C/c3ccc(F)cc3)c12. The van der Waals surface area contributed by atoms with Crippen LogP contribution in [0.5, 0.6) is 5.75 Å². The van der Waals surface area contributed by atoms with E-state index in [0.29, 0.717) is 29.5 Å². The first-order chi connectivity index (χ1) is 13.2. The van der Waals surface area contributed by atoms with E-state index in [4.69, 9.17) is 4.74 Å². The van der Waals surface area contributed by atoms with Crippen LogP contribution >= 0.6 is 0 Å². The van der Waals surface area contributed by atoms with Crippen molar-refractivity contribution >= 4 is 29.0 Å². The van der Waals surface area contributed by atoms with Gasteiger partial charge >= 0.3 is 0 Å². The van der Waals surface area contributed by atoms with E-state index in [0.717, 1.165) is 16.5 Å². The minimum atomic E-state index is -0.277. The maximum atomic E-state index is 13.0. The molecule has 0 saturated heterocycles. The Balaban J connectivity index is 1.67. The topological polar surface area (TPSA) is 67.0 Å². The summed E-state index contributed by atoms with van der Waals surface area (Å²) in [6, 6.07) is 9.76. The number of carbonyl (C=O) groups is 1. The average Bonchev–Trinajstić information content (AvgIpc) is 3.43. The standard InChI is InChI=1S/C21H20FN3O2/c1-27-20-16(21(26)23-12-14-2-3-14)9-11-18-19(20)17(24-25-18)10-6-13-4-7-15(22)8-5-13/h4-11,14H,2-3,12H2,1H3,(H,23,26)(H,24,25)/b10-6+. The Labute approximate surface area is 156 Å². The fourth-order valence-corrected chi connectivity index (χ4v) is 3.02. The van der Waals surface area contributed by atoms with Crippen molar-refractivity contribution < 1.29 is 13.9 Å². The molecule has 1 fully saturated rings. The second kappa shape index (κ2) is 7.23. The number of nitrogens with one attached hydrogen (secondary N) is 2. The molecule has 0 atom stereocenters. The zero-order chi connectivity index (χ0) is 18.8. The Morgan fingerprint density at radius 1 is 1.26 bits per heavy atom. The van der Waals surface area contributed by atoms with Crippen molar-refractivity contribution in [2.45, 2.75) is 12.8 Å². The van der Waals surface area contributed by atoms with Gasteiger partial charge in [0.1, 0.15) is 11.6 Å². The molecule has 0 bridgehead atoms. The zero-order valence-electron chi connectivity index (χ0n) is 15.0. The van der Waals surface area contributed by atoms with Gasteiger partial charge in [0, 0.05) is 6.54 Å². The van der Waals surface area contributed by atoms with E-state index < -0.39 is 0 Å². The van der Waals surface area contributed by atoms with E-state index in [1.807, 2.05) is 18.2 Å². The highest BCUT2D eigenvalue weighted by molar-refractivity contribution is 6.05. The van der Waals surface area contributed by atoms with Gasteiger partial charge in [0.15, 0.2) is 0 Å². The number of nitrogens with zero attached hydrogens (tertiary/aromatic N) is 1. The third kappa shape index (κ3) is 3.69. The second-order valence-corrected chi connectivity index (χ2v) is 6.72. The van der Waals surface area contributed by atoms with Gasteiger partial charge in [-0.3, -0.25) is 9.89 Å². The highest BCUT2D eigenvalue weighted by Crippen LogP contribution is 2.33. The van der Waals surface area contributed by atoms with Crippen LogP contribution in [0, 0.1) is 11.7 Å². The molecule has 5 nitrogen and oxygen atoms in total. The fourth-order valence-electron chi connectivity index (χ4n) is 3.02. The maximum absolute atomic E-state index is 13.0. The summed E-state index contributed by atoms with van der Waals surface area (Å²) in [6.07, 6.45) is 6.02. The fraction of sp³-hybridized carbons (Fsp3) is 0.238. The molecule has 2 aromatic carbocycles. The molecule has 0 unspecified atom stereocenters. The highest BCUT2D eigenvalue weighted by atomic mass is 19.1. The van der Waals surface area contributed by atoms with E-state index >= 15 is 0 Å². The Bertz CT molecular complexity index is 1000. The number of methoxy groups -OCH3 is 1. The molecule has 1 aliphatic rings. The zero-order valence-corrected chi connectivity index (χ0v) is 15.0. The molecule has 1 saturated carbocycles. The van der Waals surface area contributed by atoms with Gasteiger partial charge in [-0.1, -0.05) is 18.2 Å². The number of benzene rings is 2. The lowest BCUT2D eigenvalue weighted by atomic mass is 10.1. The number of hydrogen-bond donors (Lipinski definition) is 2. The molecule has 0 spiro atoms. The van der Waals surface area contributed by atoms with Crippen molar-refractivity contribution in [2.24, 2.45) is 5.92 Å². The van der Waals surface area contributed by atoms with Crippen molar-refractivity contribution in [1.29, 1.82) is 0 Å². The van der Waals surface area contributed by atoms with Gasteiger partial charge in [0.2, 0.25) is 0 Å². The van der Waals surface area contributed by atoms with Crippen molar-refractivity contribution in [1.82, 2.24) is 15.5 Å². The molecule has 1 heterocycles. The van der Waals surface area contributed by atoms with Crippen LogP contribution in [0.4, 0.5) is 4.39 Å². The Hall–Kier alpha value is -3.15. The molecule has 0 radical (unpaired) electrons. The van der Waals surface area contributed by atoms with Crippen LogP contribution in [0.25, 0.3) is 23.1 Å². The molecular weight excluding hydrogens is 345 g/mol. The number of halogens is 1. The van der Waals surface area contributed by atoms with Crippen LogP contribution in [-0.2, 0) is 0 Å². The molecule has 2 N–H and O–H groups in total. The lowest BCUT2D eigenvalue weighted by Gasteiger charge is -2.10. The van der Waals surface area contributed by atoms with Crippen LogP contribution in [-0.4, -0.2) is 29.8 Å². The van der Waals surface area contributed by atoms with Gasteiger partial charge in [-0.15, -0.1) is 0 Å². The number of hydrogen-bond acceptors (Lipinski definition) is 3. The van der Waals surface area contributed by atoms with Crippen LogP contribution in [0.3, 0.4) is 0 Å². The van der Waals surface area contributed by atoms with Gasteiger partial charge in [0.25, 0.3) is 5.91 Å². The summed E-state index contributed by atoms with van der Waals surface area (Å²) in [5.74, 6) is 0.677. The van der Waals surface area contributed by atoms with Gasteiger partial charge in [-0.2, -0.15) is 5.10 Å². The Morgan fingerprint density at radius 3 is 2.74 bits per heavy atom. The lowest BCUT2D eigenvalue weighted by Crippen LogP contribution is -2.26. The Kier molecular flexibility index (Phi) is 4.62. The van der Waals surface area contributed by atoms with E-state index in [-0.39, 0.29) is 11.7 Å². The predicted molar refractivity (Wildman–Crippen MR) is 103 cm³/mol. The van der Waals surface area contributed by atoms with Gasteiger partial charge in [-0.25, -0.2) is 4.39 Å². The predicted octanol–water partition coefficient (Wildman–Crippen LogP) is 4.02. The molecule has 1 amide bonds. The number of rotatable bonds is 6. The molecule has 3 aromatic rings. The molecule has 6 heteroatoms. The summed E-state index contributed by atoms with van der Waals surface area (Å²) in [4.78, 5) is 12.6. The number of aromatic nitrogens is 2. The highest BCUT2D eigenvalue weighted by Gasteiger charge is 2.24. The Morgan fingerprint density at radius 2 is 2.04 bits per heavy atom. The first kappa shape index (κ1) is 17.3. The first-order valence-corrected chi connectivity index (χ1v) is 8.92. The summed E-state index contributed by atoms with van der Waals surface area (Å²) >= 11 is 0. The van der Waals surface area contributed by atoms with Crippen LogP contribution < -0.4 is 10.1 Å². The van der Waals surface area contributed by atoms with Crippen molar-refractivity contribution in [3.63, 3.8) is 0 Å². The smallest absolute Gasteiger partial charge is 0.255 e. The van der Waals surface area contributed by atoms with Crippen LogP contribution in [0.2, 0.25) is 0 Å². The second-order valence-electron chi connectivity index (χ2n) is 6.72. The van der Waals surface area contributed by atoms with E-state index in [1.54, 1.807) is 25.3 Å². The van der Waals surface area contributed by atoms with E-state index in [9.17, 15) is 9.18 Å². The van der Waals surface area contributed by atoms with E-state index in [2.05, 4.69) is 15.5 Å². The number of aromatic amines is 1. The molecule has 27 heavy (non-hydrogen) atoms. The van der Waals surface area contributed by atoms with Crippen molar-refractivity contribution in [3.05, 3.63) is 59.0 Å². The van der Waals surface area contributed by atoms with Crippen LogP contribution in [0.15, 0.2) is 36.4 Å². The number of amides is 1. The quantitative estimate of drug-likeness (QED) is 0.693. The molecule has 138 valence electrons. The summed E-state index contributed by atoms with van der Waals surface area (Å²) in [5.41, 5.74) is 2.78. The van der Waals surface area contributed by atoms with Crippen molar-refractivity contribution in [2.75, 3.05) is 13.7 Å². The largest absolute Gasteiger partial charge is 0.495 e. The van der Waals surface area contributed by atoms with Gasteiger partial charge in [-0.05, 0) is 54.7 Å². The third-order valence-electron chi connectivity index (χ3n) is 4.71. The number of H-pyrrole nitrogens is 1.